The van der Waals surface area contributed by atoms with E-state index in [-0.39, 0.29) is 0 Å². The number of rotatable bonds is 2. The van der Waals surface area contributed by atoms with E-state index >= 15 is 0 Å². The molecule has 1 aromatic heterocycles. The second-order valence-electron chi connectivity index (χ2n) is 4.76. The molecule has 1 aliphatic rings. The molecule has 2 rings (SSSR count). The highest BCUT2D eigenvalue weighted by Crippen LogP contribution is 2.28. The Morgan fingerprint density at radius 1 is 1.41 bits per heavy atom. The molecule has 0 unspecified atom stereocenters. The number of hydrogen-bond acceptors (Lipinski definition) is 4. The lowest BCUT2D eigenvalue weighted by atomic mass is 10.0. The molecule has 1 fully saturated rings. The number of nitrogen functional groups attached to an aromatic ring is 1. The van der Waals surface area contributed by atoms with Gasteiger partial charge in [0, 0.05) is 19.1 Å². The number of anilines is 2. The summed E-state index contributed by atoms with van der Waals surface area (Å²) in [5, 5.41) is 0. The van der Waals surface area contributed by atoms with Crippen molar-refractivity contribution in [3.05, 3.63) is 16.7 Å². The van der Waals surface area contributed by atoms with Crippen molar-refractivity contribution in [3.8, 4) is 0 Å². The predicted molar refractivity (Wildman–Crippen MR) is 75.3 cm³/mol. The first-order valence-corrected chi connectivity index (χ1v) is 6.69. The summed E-state index contributed by atoms with van der Waals surface area (Å²) < 4.78 is 0.987. The number of hydrogen-bond donors (Lipinski definition) is 1. The number of nitrogens with two attached hydrogens (primary N) is 1. The van der Waals surface area contributed by atoms with Gasteiger partial charge in [0.2, 0.25) is 0 Å². The highest BCUT2D eigenvalue weighted by molar-refractivity contribution is 9.10. The minimum absolute atomic E-state index is 0.693. The van der Waals surface area contributed by atoms with Gasteiger partial charge in [0.25, 0.3) is 0 Å². The molecule has 0 atom stereocenters. The monoisotopic (exact) mass is 298 g/mol. The zero-order chi connectivity index (χ0) is 12.4. The molecule has 0 aliphatic carbocycles. The van der Waals surface area contributed by atoms with Crippen LogP contribution in [0.25, 0.3) is 0 Å². The van der Waals surface area contributed by atoms with Gasteiger partial charge >= 0.3 is 0 Å². The van der Waals surface area contributed by atoms with Gasteiger partial charge in [0.05, 0.1) is 16.4 Å². The van der Waals surface area contributed by atoms with Crippen molar-refractivity contribution in [2.24, 2.45) is 0 Å². The minimum atomic E-state index is 0.693. The molecule has 1 saturated heterocycles. The van der Waals surface area contributed by atoms with E-state index in [1.54, 1.807) is 6.20 Å². The quantitative estimate of drug-likeness (QED) is 0.907. The van der Waals surface area contributed by atoms with Crippen molar-refractivity contribution >= 4 is 27.4 Å². The SMILES string of the molecule is CN(C)C1CCN(c2ncc(N)cc2Br)CC1. The molecule has 94 valence electrons. The van der Waals surface area contributed by atoms with Crippen molar-refractivity contribution in [3.63, 3.8) is 0 Å². The molecule has 5 heteroatoms. The van der Waals surface area contributed by atoms with Crippen molar-refractivity contribution < 1.29 is 0 Å². The standard InChI is InChI=1S/C12H19BrN4/c1-16(2)10-3-5-17(6-4-10)12-11(13)7-9(14)8-15-12/h7-8,10H,3-6,14H2,1-2H3. The van der Waals surface area contributed by atoms with Crippen LogP contribution in [0, 0.1) is 0 Å². The van der Waals surface area contributed by atoms with Crippen LogP contribution in [0.3, 0.4) is 0 Å². The van der Waals surface area contributed by atoms with Crippen LogP contribution in [-0.2, 0) is 0 Å². The largest absolute Gasteiger partial charge is 0.397 e. The second-order valence-corrected chi connectivity index (χ2v) is 5.61. The van der Waals surface area contributed by atoms with Gasteiger partial charge in [-0.25, -0.2) is 4.98 Å². The van der Waals surface area contributed by atoms with Crippen LogP contribution in [0.5, 0.6) is 0 Å². The number of pyridine rings is 1. The molecule has 0 bridgehead atoms. The second kappa shape index (κ2) is 5.23. The summed E-state index contributed by atoms with van der Waals surface area (Å²) in [4.78, 5) is 9.04. The average molecular weight is 299 g/mol. The van der Waals surface area contributed by atoms with Gasteiger partial charge in [0.1, 0.15) is 5.82 Å². The van der Waals surface area contributed by atoms with Crippen LogP contribution in [0.4, 0.5) is 11.5 Å². The number of aromatic nitrogens is 1. The van der Waals surface area contributed by atoms with Gasteiger partial charge < -0.3 is 15.5 Å². The summed E-state index contributed by atoms with van der Waals surface area (Å²) in [6, 6.07) is 2.61. The van der Waals surface area contributed by atoms with E-state index in [4.69, 9.17) is 5.73 Å². The Morgan fingerprint density at radius 3 is 2.59 bits per heavy atom. The fourth-order valence-corrected chi connectivity index (χ4v) is 2.89. The Balaban J connectivity index is 2.05. The smallest absolute Gasteiger partial charge is 0.143 e. The first-order valence-electron chi connectivity index (χ1n) is 5.90. The summed E-state index contributed by atoms with van der Waals surface area (Å²) in [6.07, 6.45) is 4.09. The van der Waals surface area contributed by atoms with Crippen molar-refractivity contribution in [1.29, 1.82) is 0 Å². The average Bonchev–Trinajstić information content (AvgIpc) is 2.29. The van der Waals surface area contributed by atoms with Crippen molar-refractivity contribution in [2.45, 2.75) is 18.9 Å². The lowest BCUT2D eigenvalue weighted by molar-refractivity contribution is 0.249. The van der Waals surface area contributed by atoms with Crippen LogP contribution in [0.1, 0.15) is 12.8 Å². The number of nitrogens with zero attached hydrogens (tertiary/aromatic N) is 3. The topological polar surface area (TPSA) is 45.4 Å². The molecular weight excluding hydrogens is 280 g/mol. The molecule has 1 aliphatic heterocycles. The number of halogens is 1. The Bertz CT molecular complexity index is 386. The third-order valence-corrected chi connectivity index (χ3v) is 3.92. The fourth-order valence-electron chi connectivity index (χ4n) is 2.27. The Hall–Kier alpha value is -0.810. The van der Waals surface area contributed by atoms with Crippen LogP contribution in [-0.4, -0.2) is 43.1 Å². The summed E-state index contributed by atoms with van der Waals surface area (Å²) in [6.45, 7) is 2.11. The van der Waals surface area contributed by atoms with Crippen LogP contribution < -0.4 is 10.6 Å². The van der Waals surface area contributed by atoms with Crippen LogP contribution in [0.2, 0.25) is 0 Å². The molecule has 4 nitrogen and oxygen atoms in total. The fraction of sp³-hybridized carbons (Fsp3) is 0.583. The zero-order valence-electron chi connectivity index (χ0n) is 10.4. The van der Waals surface area contributed by atoms with E-state index in [0.717, 1.165) is 23.4 Å². The van der Waals surface area contributed by atoms with Crippen LogP contribution >= 0.6 is 15.9 Å². The van der Waals surface area contributed by atoms with Gasteiger partial charge in [-0.3, -0.25) is 0 Å². The molecule has 17 heavy (non-hydrogen) atoms. The van der Waals surface area contributed by atoms with E-state index in [2.05, 4.69) is 44.8 Å². The van der Waals surface area contributed by atoms with Gasteiger partial charge in [-0.1, -0.05) is 0 Å². The summed E-state index contributed by atoms with van der Waals surface area (Å²) in [7, 11) is 4.30. The van der Waals surface area contributed by atoms with E-state index in [1.807, 2.05) is 6.07 Å². The van der Waals surface area contributed by atoms with E-state index < -0.39 is 0 Å². The summed E-state index contributed by atoms with van der Waals surface area (Å²) >= 11 is 3.53. The molecule has 0 spiro atoms. The predicted octanol–water partition coefficient (Wildman–Crippen LogP) is 1.96. The lowest BCUT2D eigenvalue weighted by Gasteiger charge is -2.36. The maximum Gasteiger partial charge on any atom is 0.143 e. The van der Waals surface area contributed by atoms with Gasteiger partial charge in [0.15, 0.2) is 0 Å². The molecule has 2 heterocycles. The van der Waals surface area contributed by atoms with Gasteiger partial charge in [-0.05, 0) is 48.9 Å². The molecule has 2 N–H and O–H groups in total. The van der Waals surface area contributed by atoms with Crippen molar-refractivity contribution in [2.75, 3.05) is 37.8 Å². The maximum absolute atomic E-state index is 5.70. The zero-order valence-corrected chi connectivity index (χ0v) is 11.9. The van der Waals surface area contributed by atoms with Crippen molar-refractivity contribution in [1.82, 2.24) is 9.88 Å². The summed E-state index contributed by atoms with van der Waals surface area (Å²) in [5.41, 5.74) is 6.40. The normalized spacial score (nSPS) is 17.8. The molecule has 0 saturated carbocycles. The number of piperidine rings is 1. The van der Waals surface area contributed by atoms with Gasteiger partial charge in [-0.2, -0.15) is 0 Å². The van der Waals surface area contributed by atoms with Gasteiger partial charge in [-0.15, -0.1) is 0 Å². The third kappa shape index (κ3) is 2.90. The molecule has 0 amide bonds. The molecule has 0 aromatic carbocycles. The summed E-state index contributed by atoms with van der Waals surface area (Å²) in [5.74, 6) is 1.01. The minimum Gasteiger partial charge on any atom is -0.397 e. The van der Waals surface area contributed by atoms with E-state index in [9.17, 15) is 0 Å². The Kier molecular flexibility index (Phi) is 3.89. The third-order valence-electron chi connectivity index (χ3n) is 3.34. The first kappa shape index (κ1) is 12.6. The maximum atomic E-state index is 5.70. The van der Waals surface area contributed by atoms with Crippen LogP contribution in [0.15, 0.2) is 16.7 Å². The lowest BCUT2D eigenvalue weighted by Crippen LogP contribution is -2.42. The molecule has 0 radical (unpaired) electrons. The first-order chi connectivity index (χ1) is 8.08. The van der Waals surface area contributed by atoms with E-state index in [1.165, 1.54) is 12.8 Å². The molecular formula is C12H19BrN4. The Morgan fingerprint density at radius 2 is 2.06 bits per heavy atom. The molecule has 1 aromatic rings. The highest BCUT2D eigenvalue weighted by atomic mass is 79.9. The highest BCUT2D eigenvalue weighted by Gasteiger charge is 2.22. The Labute approximate surface area is 111 Å². The van der Waals surface area contributed by atoms with E-state index in [0.29, 0.717) is 11.7 Å².